The van der Waals surface area contributed by atoms with Gasteiger partial charge >= 0.3 is 5.70 Å². The number of aliphatic imine (C=N–C) groups is 1. The Morgan fingerprint density at radius 3 is 2.79 bits per heavy atom. The lowest BCUT2D eigenvalue weighted by atomic mass is 10.2. The highest BCUT2D eigenvalue weighted by molar-refractivity contribution is 6.29. The van der Waals surface area contributed by atoms with Gasteiger partial charge < -0.3 is 9.32 Å². The standard InChI is InChI=1S/C16H17ClN4O3/c1-3-20(11-12-6-7-15(17)19-10-12)16(18-2)14(21(22)23)9-13-5-4-8-24-13/h4-10H,3,11H2,1-2H3. The Kier molecular flexibility index (Phi) is 6.08. The summed E-state index contributed by atoms with van der Waals surface area (Å²) in [5.74, 6) is 0.668. The molecule has 2 aromatic rings. The lowest BCUT2D eigenvalue weighted by Gasteiger charge is -2.22. The van der Waals surface area contributed by atoms with Crippen LogP contribution in [-0.2, 0) is 6.54 Å². The van der Waals surface area contributed by atoms with Crippen molar-refractivity contribution in [3.63, 3.8) is 0 Å². The third-order valence-electron chi connectivity index (χ3n) is 3.30. The topological polar surface area (TPSA) is 84.8 Å². The van der Waals surface area contributed by atoms with E-state index < -0.39 is 4.92 Å². The van der Waals surface area contributed by atoms with Crippen LogP contribution in [-0.4, -0.2) is 34.2 Å². The maximum absolute atomic E-state index is 11.5. The minimum atomic E-state index is -0.465. The second-order valence-corrected chi connectivity index (χ2v) is 5.24. The zero-order chi connectivity index (χ0) is 17.5. The lowest BCUT2D eigenvalue weighted by Crippen LogP contribution is -2.34. The molecule has 24 heavy (non-hydrogen) atoms. The highest BCUT2D eigenvalue weighted by Crippen LogP contribution is 2.15. The second-order valence-electron chi connectivity index (χ2n) is 4.85. The zero-order valence-corrected chi connectivity index (χ0v) is 14.1. The molecule has 0 bridgehead atoms. The Balaban J connectivity index is 2.31. The molecule has 0 aliphatic carbocycles. The van der Waals surface area contributed by atoms with Crippen LogP contribution in [0.15, 0.2) is 51.8 Å². The van der Waals surface area contributed by atoms with Crippen LogP contribution >= 0.6 is 11.6 Å². The first kappa shape index (κ1) is 17.7. The van der Waals surface area contributed by atoms with Crippen molar-refractivity contribution in [1.82, 2.24) is 9.88 Å². The molecule has 0 aromatic carbocycles. The SMILES string of the molecule is CCN(Cc1ccc(Cl)nc1)C(=NC)C(=Cc1ccco1)[N+](=O)[O-]. The fourth-order valence-electron chi connectivity index (χ4n) is 2.18. The minimum Gasteiger partial charge on any atom is -0.465 e. The Hall–Kier alpha value is -2.67. The van der Waals surface area contributed by atoms with E-state index in [1.807, 2.05) is 13.0 Å². The molecular formula is C16H17ClN4O3. The Morgan fingerprint density at radius 1 is 1.50 bits per heavy atom. The van der Waals surface area contributed by atoms with Crippen molar-refractivity contribution >= 4 is 23.5 Å². The van der Waals surface area contributed by atoms with Crippen LogP contribution in [0.5, 0.6) is 0 Å². The first-order valence-electron chi connectivity index (χ1n) is 7.27. The average Bonchev–Trinajstić information content (AvgIpc) is 3.08. The van der Waals surface area contributed by atoms with E-state index in [0.717, 1.165) is 5.56 Å². The van der Waals surface area contributed by atoms with Gasteiger partial charge in [-0.1, -0.05) is 17.7 Å². The summed E-state index contributed by atoms with van der Waals surface area (Å²) >= 11 is 5.79. The molecule has 0 aliphatic rings. The largest absolute Gasteiger partial charge is 0.465 e. The molecule has 2 aromatic heterocycles. The van der Waals surface area contributed by atoms with Crippen molar-refractivity contribution in [2.45, 2.75) is 13.5 Å². The van der Waals surface area contributed by atoms with Gasteiger partial charge in [-0.15, -0.1) is 0 Å². The van der Waals surface area contributed by atoms with E-state index in [1.54, 1.807) is 29.3 Å². The van der Waals surface area contributed by atoms with Crippen molar-refractivity contribution in [3.05, 3.63) is 69.0 Å². The van der Waals surface area contributed by atoms with Crippen LogP contribution in [0.25, 0.3) is 6.08 Å². The number of halogens is 1. The van der Waals surface area contributed by atoms with E-state index in [-0.39, 0.29) is 11.5 Å². The van der Waals surface area contributed by atoms with Gasteiger partial charge in [0, 0.05) is 26.3 Å². The molecule has 0 spiro atoms. The number of pyridine rings is 1. The van der Waals surface area contributed by atoms with Gasteiger partial charge in [-0.2, -0.15) is 0 Å². The molecule has 2 heterocycles. The van der Waals surface area contributed by atoms with E-state index in [4.69, 9.17) is 16.0 Å². The van der Waals surface area contributed by atoms with Crippen LogP contribution in [0, 0.1) is 10.1 Å². The Bertz CT molecular complexity index is 739. The maximum atomic E-state index is 11.5. The van der Waals surface area contributed by atoms with E-state index >= 15 is 0 Å². The first-order chi connectivity index (χ1) is 11.5. The number of amidine groups is 1. The number of aromatic nitrogens is 1. The smallest absolute Gasteiger partial charge is 0.314 e. The number of likely N-dealkylation sites (N-methyl/N-ethyl adjacent to an activating group) is 1. The third-order valence-corrected chi connectivity index (χ3v) is 3.53. The van der Waals surface area contributed by atoms with Crippen molar-refractivity contribution < 1.29 is 9.34 Å². The van der Waals surface area contributed by atoms with Gasteiger partial charge in [0.05, 0.1) is 17.3 Å². The normalized spacial score (nSPS) is 12.3. The molecule has 0 saturated carbocycles. The van der Waals surface area contributed by atoms with Crippen molar-refractivity contribution in [2.24, 2.45) is 4.99 Å². The summed E-state index contributed by atoms with van der Waals surface area (Å²) in [5, 5.41) is 11.9. The predicted octanol–water partition coefficient (Wildman–Crippen LogP) is 3.50. The number of rotatable bonds is 6. The minimum absolute atomic E-state index is 0.128. The zero-order valence-electron chi connectivity index (χ0n) is 13.3. The van der Waals surface area contributed by atoms with E-state index in [1.165, 1.54) is 19.4 Å². The molecular weight excluding hydrogens is 332 g/mol. The monoisotopic (exact) mass is 348 g/mol. The maximum Gasteiger partial charge on any atom is 0.314 e. The molecule has 7 nitrogen and oxygen atoms in total. The number of nitro groups is 1. The third kappa shape index (κ3) is 4.42. The van der Waals surface area contributed by atoms with Gasteiger partial charge in [-0.3, -0.25) is 15.1 Å². The molecule has 0 N–H and O–H groups in total. The van der Waals surface area contributed by atoms with Crippen LogP contribution in [0.3, 0.4) is 0 Å². The Morgan fingerprint density at radius 2 is 2.29 bits per heavy atom. The van der Waals surface area contributed by atoms with Gasteiger partial charge in [0.15, 0.2) is 0 Å². The highest BCUT2D eigenvalue weighted by Gasteiger charge is 2.25. The highest BCUT2D eigenvalue weighted by atomic mass is 35.5. The summed E-state index contributed by atoms with van der Waals surface area (Å²) in [6.45, 7) is 2.87. The fourth-order valence-corrected chi connectivity index (χ4v) is 2.29. The summed E-state index contributed by atoms with van der Waals surface area (Å²) in [5.41, 5.74) is 0.749. The summed E-state index contributed by atoms with van der Waals surface area (Å²) in [6, 6.07) is 6.83. The van der Waals surface area contributed by atoms with Gasteiger partial charge in [-0.25, -0.2) is 4.98 Å². The number of hydrogen-bond acceptors (Lipinski definition) is 5. The number of furan rings is 1. The number of hydrogen-bond donors (Lipinski definition) is 0. The van der Waals surface area contributed by atoms with Crippen LogP contribution < -0.4 is 0 Å². The summed E-state index contributed by atoms with van der Waals surface area (Å²) < 4.78 is 5.17. The van der Waals surface area contributed by atoms with Crippen LogP contribution in [0.2, 0.25) is 5.15 Å². The average molecular weight is 349 g/mol. The molecule has 0 saturated heterocycles. The predicted molar refractivity (Wildman–Crippen MR) is 92.4 cm³/mol. The molecule has 2 rings (SSSR count). The second kappa shape index (κ2) is 8.26. The Labute approximate surface area is 144 Å². The molecule has 0 atom stereocenters. The van der Waals surface area contributed by atoms with E-state index in [0.29, 0.717) is 24.0 Å². The van der Waals surface area contributed by atoms with E-state index in [2.05, 4.69) is 9.98 Å². The van der Waals surface area contributed by atoms with Crippen molar-refractivity contribution in [1.29, 1.82) is 0 Å². The van der Waals surface area contributed by atoms with E-state index in [9.17, 15) is 10.1 Å². The molecule has 126 valence electrons. The van der Waals surface area contributed by atoms with Crippen molar-refractivity contribution in [3.8, 4) is 0 Å². The van der Waals surface area contributed by atoms with Crippen LogP contribution in [0.1, 0.15) is 18.2 Å². The summed E-state index contributed by atoms with van der Waals surface area (Å²) in [4.78, 5) is 21.0. The molecule has 8 heteroatoms. The molecule has 0 radical (unpaired) electrons. The molecule has 0 amide bonds. The van der Waals surface area contributed by atoms with Crippen molar-refractivity contribution in [2.75, 3.05) is 13.6 Å². The van der Waals surface area contributed by atoms with Gasteiger partial charge in [0.25, 0.3) is 0 Å². The van der Waals surface area contributed by atoms with Gasteiger partial charge in [0.2, 0.25) is 5.84 Å². The molecule has 0 unspecified atom stereocenters. The molecule has 0 aliphatic heterocycles. The summed E-state index contributed by atoms with van der Waals surface area (Å²) in [6.07, 6.45) is 4.47. The first-order valence-corrected chi connectivity index (χ1v) is 7.65. The number of nitrogens with zero attached hydrogens (tertiary/aromatic N) is 4. The quantitative estimate of drug-likeness (QED) is 0.262. The fraction of sp³-hybridized carbons (Fsp3) is 0.250. The van der Waals surface area contributed by atoms with Gasteiger partial charge in [-0.05, 0) is 30.7 Å². The molecule has 0 fully saturated rings. The van der Waals surface area contributed by atoms with Crippen LogP contribution in [0.4, 0.5) is 0 Å². The van der Waals surface area contributed by atoms with Gasteiger partial charge in [0.1, 0.15) is 10.9 Å². The summed E-state index contributed by atoms with van der Waals surface area (Å²) in [7, 11) is 1.53. The lowest BCUT2D eigenvalue weighted by molar-refractivity contribution is -0.414.